The Hall–Kier alpha value is -1.43. The fourth-order valence-corrected chi connectivity index (χ4v) is 3.09. The van der Waals surface area contributed by atoms with Crippen molar-refractivity contribution in [3.8, 4) is 0 Å². The van der Waals surface area contributed by atoms with Gasteiger partial charge in [-0.05, 0) is 40.9 Å². The molecule has 1 aliphatic carbocycles. The molecule has 1 heterocycles. The lowest BCUT2D eigenvalue weighted by Gasteiger charge is -2.35. The molecule has 1 saturated carbocycles. The summed E-state index contributed by atoms with van der Waals surface area (Å²) >= 11 is 3.22. The van der Waals surface area contributed by atoms with Crippen LogP contribution in [-0.2, 0) is 4.79 Å². The van der Waals surface area contributed by atoms with E-state index in [0.717, 1.165) is 12.8 Å². The van der Waals surface area contributed by atoms with Gasteiger partial charge in [-0.25, -0.2) is 4.39 Å². The summed E-state index contributed by atoms with van der Waals surface area (Å²) in [4.78, 5) is 27.8. The van der Waals surface area contributed by atoms with Gasteiger partial charge in [0.15, 0.2) is 0 Å². The van der Waals surface area contributed by atoms with Gasteiger partial charge in [-0.1, -0.05) is 6.07 Å². The summed E-state index contributed by atoms with van der Waals surface area (Å²) in [5.74, 6) is -0.438. The molecule has 0 radical (unpaired) electrons. The molecule has 0 bridgehead atoms. The highest BCUT2D eigenvalue weighted by molar-refractivity contribution is 9.10. The lowest BCUT2D eigenvalue weighted by Crippen LogP contribution is -2.51. The lowest BCUT2D eigenvalue weighted by molar-refractivity contribution is -0.134. The Morgan fingerprint density at radius 2 is 1.71 bits per heavy atom. The van der Waals surface area contributed by atoms with Crippen molar-refractivity contribution in [1.82, 2.24) is 9.80 Å². The van der Waals surface area contributed by atoms with Gasteiger partial charge in [0.25, 0.3) is 5.91 Å². The third-order valence-corrected chi connectivity index (χ3v) is 4.64. The Morgan fingerprint density at radius 1 is 1.10 bits per heavy atom. The number of hydrogen-bond acceptors (Lipinski definition) is 2. The van der Waals surface area contributed by atoms with Gasteiger partial charge in [0.2, 0.25) is 5.91 Å². The van der Waals surface area contributed by atoms with E-state index < -0.39 is 5.82 Å². The molecular formula is C15H16BrFN2O2. The van der Waals surface area contributed by atoms with Crippen molar-refractivity contribution in [3.05, 3.63) is 34.1 Å². The van der Waals surface area contributed by atoms with Crippen LogP contribution in [0, 0.1) is 11.7 Å². The largest absolute Gasteiger partial charge is 0.339 e. The van der Waals surface area contributed by atoms with Crippen molar-refractivity contribution in [2.75, 3.05) is 26.2 Å². The minimum Gasteiger partial charge on any atom is -0.339 e. The standard InChI is InChI=1S/C15H16BrFN2O2/c16-11-2-1-3-12(17)13(11)15(21)19-8-6-18(7-9-19)14(20)10-4-5-10/h1-3,10H,4-9H2. The molecule has 0 unspecified atom stereocenters. The third kappa shape index (κ3) is 2.95. The molecule has 0 atom stereocenters. The molecule has 1 aromatic carbocycles. The van der Waals surface area contributed by atoms with Gasteiger partial charge in [0.05, 0.1) is 5.56 Å². The molecule has 1 aliphatic heterocycles. The maximum absolute atomic E-state index is 13.8. The first-order chi connectivity index (χ1) is 10.1. The van der Waals surface area contributed by atoms with E-state index in [1.807, 2.05) is 4.90 Å². The highest BCUT2D eigenvalue weighted by Crippen LogP contribution is 2.31. The molecule has 0 spiro atoms. The number of benzene rings is 1. The van der Waals surface area contributed by atoms with Crippen molar-refractivity contribution < 1.29 is 14.0 Å². The van der Waals surface area contributed by atoms with Crippen LogP contribution in [-0.4, -0.2) is 47.8 Å². The summed E-state index contributed by atoms with van der Waals surface area (Å²) in [6.07, 6.45) is 1.97. The Labute approximate surface area is 131 Å². The molecule has 0 aromatic heterocycles. The zero-order valence-corrected chi connectivity index (χ0v) is 13.1. The molecular weight excluding hydrogens is 339 g/mol. The van der Waals surface area contributed by atoms with E-state index in [4.69, 9.17) is 0 Å². The van der Waals surface area contributed by atoms with Gasteiger partial charge in [-0.15, -0.1) is 0 Å². The molecule has 2 fully saturated rings. The quantitative estimate of drug-likeness (QED) is 0.817. The summed E-state index contributed by atoms with van der Waals surface area (Å²) in [5, 5.41) is 0. The number of halogens is 2. The maximum Gasteiger partial charge on any atom is 0.258 e. The number of carbonyl (C=O) groups excluding carboxylic acids is 2. The molecule has 0 N–H and O–H groups in total. The first-order valence-electron chi connectivity index (χ1n) is 7.10. The van der Waals surface area contributed by atoms with E-state index in [-0.39, 0.29) is 23.3 Å². The summed E-state index contributed by atoms with van der Waals surface area (Å²) in [5.41, 5.74) is 0.0690. The van der Waals surface area contributed by atoms with Gasteiger partial charge in [-0.3, -0.25) is 9.59 Å². The van der Waals surface area contributed by atoms with Crippen LogP contribution >= 0.6 is 15.9 Å². The number of hydrogen-bond donors (Lipinski definition) is 0. The highest BCUT2D eigenvalue weighted by atomic mass is 79.9. The first kappa shape index (κ1) is 14.5. The summed E-state index contributed by atoms with van der Waals surface area (Å²) in [7, 11) is 0. The molecule has 21 heavy (non-hydrogen) atoms. The van der Waals surface area contributed by atoms with E-state index in [1.165, 1.54) is 6.07 Å². The molecule has 1 aromatic rings. The predicted octanol–water partition coefficient (Wildman–Crippen LogP) is 2.28. The van der Waals surface area contributed by atoms with E-state index in [9.17, 15) is 14.0 Å². The Bertz CT molecular complexity index is 561. The van der Waals surface area contributed by atoms with Gasteiger partial charge in [0.1, 0.15) is 5.82 Å². The lowest BCUT2D eigenvalue weighted by atomic mass is 10.1. The van der Waals surface area contributed by atoms with Gasteiger partial charge in [0, 0.05) is 36.6 Å². The fraction of sp³-hybridized carbons (Fsp3) is 0.467. The normalized spacial score (nSPS) is 18.8. The van der Waals surface area contributed by atoms with Crippen LogP contribution in [0.2, 0.25) is 0 Å². The van der Waals surface area contributed by atoms with Crippen LogP contribution in [0.3, 0.4) is 0 Å². The van der Waals surface area contributed by atoms with Crippen molar-refractivity contribution in [1.29, 1.82) is 0 Å². The van der Waals surface area contributed by atoms with E-state index in [2.05, 4.69) is 15.9 Å². The summed E-state index contributed by atoms with van der Waals surface area (Å²) < 4.78 is 14.3. The second-order valence-electron chi connectivity index (χ2n) is 5.49. The van der Waals surface area contributed by atoms with Crippen LogP contribution in [0.4, 0.5) is 4.39 Å². The van der Waals surface area contributed by atoms with Crippen molar-refractivity contribution >= 4 is 27.7 Å². The highest BCUT2D eigenvalue weighted by Gasteiger charge is 2.35. The van der Waals surface area contributed by atoms with Crippen molar-refractivity contribution in [2.45, 2.75) is 12.8 Å². The van der Waals surface area contributed by atoms with Gasteiger partial charge < -0.3 is 9.80 Å². The third-order valence-electron chi connectivity index (χ3n) is 3.98. The topological polar surface area (TPSA) is 40.6 Å². The number of nitrogens with zero attached hydrogens (tertiary/aromatic N) is 2. The van der Waals surface area contributed by atoms with Crippen molar-refractivity contribution in [2.24, 2.45) is 5.92 Å². The molecule has 3 rings (SSSR count). The average molecular weight is 355 g/mol. The number of amides is 2. The number of piperazine rings is 1. The van der Waals surface area contributed by atoms with Crippen LogP contribution in [0.25, 0.3) is 0 Å². The second kappa shape index (κ2) is 5.75. The average Bonchev–Trinajstić information content (AvgIpc) is 3.31. The molecule has 1 saturated heterocycles. The van der Waals surface area contributed by atoms with E-state index in [1.54, 1.807) is 17.0 Å². The molecule has 112 valence electrons. The van der Waals surface area contributed by atoms with Crippen molar-refractivity contribution in [3.63, 3.8) is 0 Å². The molecule has 6 heteroatoms. The Balaban J connectivity index is 1.66. The van der Waals surface area contributed by atoms with Crippen LogP contribution in [0.15, 0.2) is 22.7 Å². The minimum absolute atomic E-state index is 0.0690. The summed E-state index contributed by atoms with van der Waals surface area (Å²) in [6, 6.07) is 4.50. The van der Waals surface area contributed by atoms with E-state index >= 15 is 0 Å². The zero-order valence-electron chi connectivity index (χ0n) is 11.5. The Kier molecular flexibility index (Phi) is 3.97. The van der Waals surface area contributed by atoms with Crippen LogP contribution in [0.1, 0.15) is 23.2 Å². The van der Waals surface area contributed by atoms with Gasteiger partial charge >= 0.3 is 0 Å². The number of rotatable bonds is 2. The number of carbonyl (C=O) groups is 2. The van der Waals surface area contributed by atoms with Crippen LogP contribution < -0.4 is 0 Å². The minimum atomic E-state index is -0.522. The monoisotopic (exact) mass is 354 g/mol. The second-order valence-corrected chi connectivity index (χ2v) is 6.34. The zero-order chi connectivity index (χ0) is 15.0. The fourth-order valence-electron chi connectivity index (χ4n) is 2.58. The smallest absolute Gasteiger partial charge is 0.258 e. The summed E-state index contributed by atoms with van der Waals surface area (Å²) in [6.45, 7) is 1.98. The van der Waals surface area contributed by atoms with E-state index in [0.29, 0.717) is 30.7 Å². The Morgan fingerprint density at radius 3 is 2.29 bits per heavy atom. The SMILES string of the molecule is O=C(c1c(F)cccc1Br)N1CCN(C(=O)C2CC2)CC1. The molecule has 2 aliphatic rings. The maximum atomic E-state index is 13.8. The molecule has 2 amide bonds. The van der Waals surface area contributed by atoms with Crippen LogP contribution in [0.5, 0.6) is 0 Å². The first-order valence-corrected chi connectivity index (χ1v) is 7.89. The predicted molar refractivity (Wildman–Crippen MR) is 79.3 cm³/mol. The van der Waals surface area contributed by atoms with Gasteiger partial charge in [-0.2, -0.15) is 0 Å². The molecule has 4 nitrogen and oxygen atoms in total.